The van der Waals surface area contributed by atoms with Crippen LogP contribution in [0.4, 0.5) is 0 Å². The number of rotatable bonds is 1. The van der Waals surface area contributed by atoms with E-state index in [0.717, 1.165) is 11.5 Å². The van der Waals surface area contributed by atoms with E-state index < -0.39 is 8.07 Å². The van der Waals surface area contributed by atoms with Gasteiger partial charge < -0.3 is 9.47 Å². The van der Waals surface area contributed by atoms with Crippen molar-refractivity contribution in [3.8, 4) is 11.5 Å². The third kappa shape index (κ3) is 7.77. The molecule has 0 fully saturated rings. The number of hydrogen-bond donors (Lipinski definition) is 0. The molecule has 0 unspecified atom stereocenters. The Kier molecular flexibility index (Phi) is 15.8. The van der Waals surface area contributed by atoms with Gasteiger partial charge in [0.05, 0.1) is 8.07 Å². The predicted molar refractivity (Wildman–Crippen MR) is 71.6 cm³/mol. The fourth-order valence-electron chi connectivity index (χ4n) is 1.52. The average molecular weight is 342 g/mol. The van der Waals surface area contributed by atoms with E-state index >= 15 is 0 Å². The molecule has 7 heteroatoms. The van der Waals surface area contributed by atoms with Gasteiger partial charge in [-0.2, -0.15) is 0 Å². The van der Waals surface area contributed by atoms with Crippen LogP contribution < -0.4 is 14.7 Å². The van der Waals surface area contributed by atoms with Crippen LogP contribution in [0.2, 0.25) is 19.6 Å². The zero-order valence-electron chi connectivity index (χ0n) is 11.8. The molecule has 0 saturated heterocycles. The largest absolute Gasteiger partial charge is 0 e. The molecule has 0 atom stereocenters. The second-order valence-corrected chi connectivity index (χ2v) is 9.43. The summed E-state index contributed by atoms with van der Waals surface area (Å²) in [5.74, 6) is 1.72. The molecule has 1 heterocycles. The van der Waals surface area contributed by atoms with E-state index in [1.165, 1.54) is 5.19 Å². The molecule has 1 aromatic carbocycles. The van der Waals surface area contributed by atoms with Gasteiger partial charge in [0.25, 0.3) is 0 Å². The van der Waals surface area contributed by atoms with Crippen LogP contribution in [0.3, 0.4) is 0 Å². The standard InChI is InChI=1S/C11H14O2Si.3CO.Cr/c1-14(2,3)10-6-4-5-9-11(10)13-8-7-12-9;3*1-2;/h4-8H,1-3H3;;;;. The topological polar surface area (TPSA) is 78.2 Å². The fourth-order valence-corrected chi connectivity index (χ4v) is 2.98. The van der Waals surface area contributed by atoms with Crippen molar-refractivity contribution in [1.29, 1.82) is 0 Å². The molecular weight excluding hydrogens is 328 g/mol. The van der Waals surface area contributed by atoms with Crippen molar-refractivity contribution in [3.63, 3.8) is 0 Å². The summed E-state index contributed by atoms with van der Waals surface area (Å²) in [6, 6.07) is 6.09. The van der Waals surface area contributed by atoms with Gasteiger partial charge in [-0.25, -0.2) is 0 Å². The van der Waals surface area contributed by atoms with E-state index in [0.29, 0.717) is 0 Å². The monoisotopic (exact) mass is 342 g/mol. The maximum Gasteiger partial charge on any atom is 0 e. The second kappa shape index (κ2) is 13.5. The van der Waals surface area contributed by atoms with Crippen LogP contribution in [0.25, 0.3) is 0 Å². The Hall–Kier alpha value is -1.47. The molecule has 0 spiro atoms. The first-order valence-electron chi connectivity index (χ1n) is 5.32. The normalized spacial score (nSPS) is 9.76. The van der Waals surface area contributed by atoms with Crippen molar-refractivity contribution >= 4 is 13.3 Å². The van der Waals surface area contributed by atoms with Crippen molar-refractivity contribution in [1.82, 2.24) is 0 Å². The summed E-state index contributed by atoms with van der Waals surface area (Å²) in [5, 5.41) is 1.30. The molecule has 0 amide bonds. The van der Waals surface area contributed by atoms with E-state index in [1.807, 2.05) is 12.1 Å². The fraction of sp³-hybridized carbons (Fsp3) is 0.214. The molecule has 1 aliphatic heterocycles. The maximum atomic E-state index is 7.50. The van der Waals surface area contributed by atoms with Crippen LogP contribution in [0.5, 0.6) is 11.5 Å². The summed E-state index contributed by atoms with van der Waals surface area (Å²) in [6.45, 7) is 20.4. The zero-order chi connectivity index (χ0) is 16.2. The van der Waals surface area contributed by atoms with Crippen LogP contribution in [0.15, 0.2) is 30.7 Å². The molecule has 0 radical (unpaired) electrons. The Morgan fingerprint density at radius 3 is 1.81 bits per heavy atom. The Balaban J connectivity index is -0.000000414. The summed E-state index contributed by atoms with van der Waals surface area (Å²) in [4.78, 5) is 0. The Bertz CT molecular complexity index is 486. The molecular formula is C14H14CrO5Si. The van der Waals surface area contributed by atoms with Gasteiger partial charge in [0.2, 0.25) is 0 Å². The zero-order valence-corrected chi connectivity index (χ0v) is 14.1. The van der Waals surface area contributed by atoms with E-state index in [-0.39, 0.29) is 17.4 Å². The molecule has 1 aliphatic rings. The van der Waals surface area contributed by atoms with Gasteiger partial charge in [-0.05, 0) is 11.3 Å². The van der Waals surface area contributed by atoms with E-state index in [2.05, 4.69) is 45.7 Å². The SMILES string of the molecule is C[Si](C)(C)c1cccc2c1OC=CO2.[C-]#[O+].[C-]#[O+].[C-]#[O+].[Cr]. The third-order valence-corrected chi connectivity index (χ3v) is 4.23. The number of hydrogen-bond acceptors (Lipinski definition) is 2. The van der Waals surface area contributed by atoms with Crippen molar-refractivity contribution in [2.45, 2.75) is 19.6 Å². The minimum Gasteiger partial charge on any atom is 0 e. The van der Waals surface area contributed by atoms with Gasteiger partial charge in [0.15, 0.2) is 11.5 Å². The Morgan fingerprint density at radius 1 is 0.857 bits per heavy atom. The molecule has 0 saturated carbocycles. The summed E-state index contributed by atoms with van der Waals surface area (Å²) < 4.78 is 33.4. The quantitative estimate of drug-likeness (QED) is 0.446. The van der Waals surface area contributed by atoms with Crippen LogP contribution in [0.1, 0.15) is 0 Å². The predicted octanol–water partition coefficient (Wildman–Crippen LogP) is 2.36. The van der Waals surface area contributed by atoms with Gasteiger partial charge in [-0.15, -0.1) is 0 Å². The molecule has 21 heavy (non-hydrogen) atoms. The van der Waals surface area contributed by atoms with Crippen molar-refractivity contribution in [2.24, 2.45) is 0 Å². The molecule has 110 valence electrons. The van der Waals surface area contributed by atoms with E-state index in [1.54, 1.807) is 12.5 Å². The summed E-state index contributed by atoms with van der Waals surface area (Å²) >= 11 is 0. The van der Waals surface area contributed by atoms with E-state index in [9.17, 15) is 0 Å². The van der Waals surface area contributed by atoms with Crippen molar-refractivity contribution < 1.29 is 40.8 Å². The van der Waals surface area contributed by atoms with Crippen LogP contribution in [-0.4, -0.2) is 8.07 Å². The van der Waals surface area contributed by atoms with Crippen LogP contribution in [-0.2, 0) is 31.3 Å². The summed E-state index contributed by atoms with van der Waals surface area (Å²) in [5.41, 5.74) is 0. The molecule has 0 N–H and O–H groups in total. The first-order chi connectivity index (χ1) is 9.59. The molecule has 0 aliphatic carbocycles. The van der Waals surface area contributed by atoms with Gasteiger partial charge in [0.1, 0.15) is 12.5 Å². The van der Waals surface area contributed by atoms with Gasteiger partial charge in [-0.3, -0.25) is 0 Å². The minimum atomic E-state index is -1.35. The molecule has 0 bridgehead atoms. The molecule has 5 nitrogen and oxygen atoms in total. The number of benzene rings is 1. The maximum absolute atomic E-state index is 7.50. The Morgan fingerprint density at radius 2 is 1.33 bits per heavy atom. The summed E-state index contributed by atoms with van der Waals surface area (Å²) in [6.07, 6.45) is 3.16. The van der Waals surface area contributed by atoms with E-state index in [4.69, 9.17) is 23.4 Å². The second-order valence-electron chi connectivity index (χ2n) is 4.39. The third-order valence-electron chi connectivity index (χ3n) is 2.22. The van der Waals surface area contributed by atoms with Crippen molar-refractivity contribution in [2.75, 3.05) is 0 Å². The van der Waals surface area contributed by atoms with Crippen LogP contribution >= 0.6 is 0 Å². The number of ether oxygens (including phenoxy) is 2. The molecule has 1 aromatic rings. The molecule has 0 aromatic heterocycles. The average Bonchev–Trinajstić information content (AvgIpc) is 2.52. The van der Waals surface area contributed by atoms with Gasteiger partial charge in [-0.1, -0.05) is 31.8 Å². The molecule has 2 rings (SSSR count). The first-order valence-corrected chi connectivity index (χ1v) is 8.82. The smallest absolute Gasteiger partial charge is 0 e. The first kappa shape index (κ1) is 24.5. The van der Waals surface area contributed by atoms with Gasteiger partial charge >= 0.3 is 33.9 Å². The van der Waals surface area contributed by atoms with Crippen molar-refractivity contribution in [3.05, 3.63) is 50.7 Å². The Labute approximate surface area is 136 Å². The number of fused-ring (bicyclic) bond motifs is 1. The van der Waals surface area contributed by atoms with Gasteiger partial charge in [0, 0.05) is 17.4 Å². The summed E-state index contributed by atoms with van der Waals surface area (Å²) in [7, 11) is -1.35. The van der Waals surface area contributed by atoms with Crippen LogP contribution in [0, 0.1) is 20.0 Å². The minimum absolute atomic E-state index is 0. The number of para-hydroxylation sites is 1.